The van der Waals surface area contributed by atoms with Gasteiger partial charge in [-0.25, -0.2) is 4.79 Å². The molecule has 16 N–H and O–H groups in total. The molecule has 29 heteroatoms. The molecule has 6 rings (SSSR count). The van der Waals surface area contributed by atoms with Gasteiger partial charge in [0.15, 0.2) is 0 Å². The number of nitrogens with two attached hydrogens (primary N) is 2. The van der Waals surface area contributed by atoms with Gasteiger partial charge in [0.2, 0.25) is 59.1 Å². The van der Waals surface area contributed by atoms with Crippen molar-refractivity contribution in [1.82, 2.24) is 57.7 Å². The summed E-state index contributed by atoms with van der Waals surface area (Å²) in [5.41, 5.74) is 12.8. The molecule has 0 spiro atoms. The van der Waals surface area contributed by atoms with Gasteiger partial charge < -0.3 is 79.5 Å². The van der Waals surface area contributed by atoms with Crippen molar-refractivity contribution >= 4 is 93.4 Å². The summed E-state index contributed by atoms with van der Waals surface area (Å²) in [6, 6.07) is 15.4. The minimum Gasteiger partial charge on any atom is -0.508 e. The molecule has 95 heavy (non-hydrogen) atoms. The van der Waals surface area contributed by atoms with Crippen LogP contribution in [-0.2, 0) is 78.4 Å². The van der Waals surface area contributed by atoms with Gasteiger partial charge in [0.25, 0.3) is 5.97 Å². The minimum absolute atomic E-state index is 0.0399. The van der Waals surface area contributed by atoms with Gasteiger partial charge in [-0.15, -0.1) is 0 Å². The van der Waals surface area contributed by atoms with Crippen molar-refractivity contribution in [2.24, 2.45) is 17.4 Å². The van der Waals surface area contributed by atoms with Gasteiger partial charge in [0.1, 0.15) is 60.1 Å². The molecule has 510 valence electrons. The Kier molecular flexibility index (Phi) is 29.8. The van der Waals surface area contributed by atoms with E-state index in [1.807, 2.05) is 56.3 Å². The highest BCUT2D eigenvalue weighted by molar-refractivity contribution is 6.30. The molecule has 0 aliphatic carbocycles. The number of aliphatic carboxylic acids is 1. The smallest absolute Gasteiger partial charge is 0.312 e. The zero-order chi connectivity index (χ0) is 69.9. The number of urea groups is 1. The predicted molar refractivity (Wildman–Crippen MR) is 350 cm³/mol. The number of pyridine rings is 1. The van der Waals surface area contributed by atoms with Crippen molar-refractivity contribution in [2.45, 2.75) is 147 Å². The van der Waals surface area contributed by atoms with Crippen LogP contribution in [0.25, 0.3) is 10.8 Å². The molecule has 0 bridgehead atoms. The number of halogens is 1. The molecule has 12 amide bonds. The number of carbonyl (C=O) groups is 12. The number of aliphatic hydroxyl groups excluding tert-OH is 1. The number of carbonyl (C=O) groups excluding carboxylic acids is 11. The summed E-state index contributed by atoms with van der Waals surface area (Å²) in [4.78, 5) is 165. The van der Waals surface area contributed by atoms with Crippen LogP contribution < -0.4 is 59.3 Å². The first-order valence-corrected chi connectivity index (χ1v) is 31.2. The zero-order valence-corrected chi connectivity index (χ0v) is 54.2. The number of primary amides is 2. The number of hydrogen-bond donors (Lipinski definition) is 14. The molecule has 9 atom stereocenters. The van der Waals surface area contributed by atoms with Crippen LogP contribution in [0.15, 0.2) is 116 Å². The number of carboxylic acid groups (broad SMARTS) is 1. The minimum atomic E-state index is -1.81. The summed E-state index contributed by atoms with van der Waals surface area (Å²) in [6.45, 7) is 6.41. The maximum absolute atomic E-state index is 14.7. The number of amides is 12. The summed E-state index contributed by atoms with van der Waals surface area (Å²) in [6.07, 6.45) is 2.99. The third-order valence-electron chi connectivity index (χ3n) is 15.1. The number of nitrogens with one attached hydrogen (secondary N) is 9. The number of benzene rings is 4. The molecule has 1 aliphatic heterocycles. The van der Waals surface area contributed by atoms with Crippen molar-refractivity contribution in [2.75, 3.05) is 19.7 Å². The van der Waals surface area contributed by atoms with Crippen molar-refractivity contribution in [3.63, 3.8) is 0 Å². The second kappa shape index (κ2) is 37.5. The van der Waals surface area contributed by atoms with E-state index in [2.05, 4.69) is 52.8 Å². The van der Waals surface area contributed by atoms with Gasteiger partial charge in [-0.05, 0) is 108 Å². The van der Waals surface area contributed by atoms with Crippen molar-refractivity contribution < 1.29 is 72.9 Å². The third-order valence-corrected chi connectivity index (χ3v) is 15.4. The Morgan fingerprint density at radius 1 is 0.589 bits per heavy atom. The Balaban J connectivity index is 0.00000397. The van der Waals surface area contributed by atoms with Gasteiger partial charge in [-0.3, -0.25) is 57.7 Å². The average molecular weight is 1330 g/mol. The summed E-state index contributed by atoms with van der Waals surface area (Å²) in [7, 11) is 0. The highest BCUT2D eigenvalue weighted by Gasteiger charge is 2.40. The molecule has 0 saturated carbocycles. The standard InChI is InChI=1S/C64H80ClN13O13.C2H4O2/c1-36(2)28-52(63(90)78-27-9-14-54(78)62(89)70-37(3)55(66)82)76-56(83)47(13-8-26-69-64(67)91)72-58(85)49(31-40-18-23-46(81)24-19-40)75-61(88)53(35-79)77-60(87)51(33-42-10-7-25-68-34-42)74-59(86)50(30-39-16-21-45(65)22-17-39)73-57(84)48(71-38(4)80)32-41-15-20-43-11-5-6-12-44(43)29-41;1-2(3)4/h5-7,10-12,15-25,29,34,36-37,47-54,79,81H,8-9,13-14,26-28,30-33,35H2,1-4H3,(H2,66,82)(H,70,89)(H,71,80)(H,72,85)(H,73,84)(H,74,86)(H,75,88)(H,76,83)(H,77,87)(H3,67,69,91);1H3,(H,3,4)/t37-,47-,48-,49+,50-,51-,52+,53+,54+;/m1./s1. The first kappa shape index (κ1) is 75.5. The number of carboxylic acids is 1. The van der Waals surface area contributed by atoms with Gasteiger partial charge in [0.05, 0.1) is 6.61 Å². The first-order valence-electron chi connectivity index (χ1n) is 30.8. The van der Waals surface area contributed by atoms with Crippen LogP contribution in [0.1, 0.15) is 89.0 Å². The van der Waals surface area contributed by atoms with Crippen LogP contribution in [0.4, 0.5) is 4.79 Å². The normalized spacial score (nSPS) is 15.0. The molecule has 5 aromatic rings. The molecular formula is C66H84ClN13O15. The molecule has 1 fully saturated rings. The van der Waals surface area contributed by atoms with E-state index in [1.54, 1.807) is 36.4 Å². The molecule has 28 nitrogen and oxygen atoms in total. The average Bonchev–Trinajstić information content (AvgIpc) is 1.85. The van der Waals surface area contributed by atoms with Crippen molar-refractivity contribution in [3.8, 4) is 5.75 Å². The van der Waals surface area contributed by atoms with E-state index in [0.717, 1.165) is 17.7 Å². The van der Waals surface area contributed by atoms with E-state index >= 15 is 0 Å². The monoisotopic (exact) mass is 1330 g/mol. The van der Waals surface area contributed by atoms with Crippen LogP contribution in [0.3, 0.4) is 0 Å². The summed E-state index contributed by atoms with van der Waals surface area (Å²) < 4.78 is 0. The molecule has 2 heterocycles. The second-order valence-electron chi connectivity index (χ2n) is 23.4. The number of likely N-dealkylation sites (tertiary alicyclic amines) is 1. The fourth-order valence-corrected chi connectivity index (χ4v) is 10.5. The van der Waals surface area contributed by atoms with Crippen LogP contribution >= 0.6 is 11.6 Å². The topological polar surface area (TPSA) is 442 Å². The number of phenols is 1. The first-order chi connectivity index (χ1) is 45.1. The lowest BCUT2D eigenvalue weighted by atomic mass is 9.99. The lowest BCUT2D eigenvalue weighted by Crippen LogP contribution is -2.61. The maximum Gasteiger partial charge on any atom is 0.312 e. The molecule has 0 unspecified atom stereocenters. The molecular weight excluding hydrogens is 1250 g/mol. The van der Waals surface area contributed by atoms with E-state index < -0.39 is 132 Å². The van der Waals surface area contributed by atoms with E-state index in [-0.39, 0.29) is 76.1 Å². The summed E-state index contributed by atoms with van der Waals surface area (Å²) in [5.74, 6) is -9.16. The number of aliphatic hydroxyl groups is 1. The van der Waals surface area contributed by atoms with Crippen LogP contribution in [-0.4, -0.2) is 170 Å². The van der Waals surface area contributed by atoms with E-state index in [9.17, 15) is 63.0 Å². The van der Waals surface area contributed by atoms with Gasteiger partial charge in [-0.2, -0.15) is 0 Å². The van der Waals surface area contributed by atoms with Gasteiger partial charge >= 0.3 is 6.03 Å². The van der Waals surface area contributed by atoms with Crippen LogP contribution in [0.5, 0.6) is 5.75 Å². The highest BCUT2D eigenvalue weighted by atomic mass is 35.5. The Labute approximate surface area is 554 Å². The number of phenolic OH excluding ortho intramolecular Hbond substituents is 1. The summed E-state index contributed by atoms with van der Waals surface area (Å²) in [5, 5.41) is 54.2. The SMILES string of the molecule is CC(=O)N[C@H](Cc1ccc2ccccc2c1)C(=O)N[C@H](Cc1ccc(Cl)cc1)C(=O)N[C@H](Cc1cccnc1)C(=O)N[C@@H](CO)C(=O)N[C@@H](Cc1ccc(O)cc1)C(=O)N[C@H](CCCNC(N)=O)C(=O)N[C@@H](CC(C)C)C(=O)N1CCC[C@H]1C(=O)N[C@H](C)C(N)=O.CC(=O)O. The molecule has 1 aromatic heterocycles. The maximum atomic E-state index is 14.7. The second-order valence-corrected chi connectivity index (χ2v) is 23.8. The van der Waals surface area contributed by atoms with Crippen LogP contribution in [0.2, 0.25) is 5.02 Å². The predicted octanol–water partition coefficient (Wildman–Crippen LogP) is 0.837. The van der Waals surface area contributed by atoms with E-state index in [4.69, 9.17) is 33.0 Å². The van der Waals surface area contributed by atoms with Gasteiger partial charge in [-0.1, -0.05) is 98.2 Å². The van der Waals surface area contributed by atoms with E-state index in [0.29, 0.717) is 33.7 Å². The Bertz CT molecular complexity index is 3490. The molecule has 1 aliphatic rings. The quantitative estimate of drug-likeness (QED) is 0.0265. The van der Waals surface area contributed by atoms with Crippen LogP contribution in [0, 0.1) is 5.92 Å². The lowest BCUT2D eigenvalue weighted by Gasteiger charge is -2.31. The zero-order valence-electron chi connectivity index (χ0n) is 53.4. The molecule has 0 radical (unpaired) electrons. The van der Waals surface area contributed by atoms with E-state index in [1.165, 1.54) is 55.4 Å². The molecule has 1 saturated heterocycles. The Morgan fingerprint density at radius 2 is 1.07 bits per heavy atom. The number of aromatic hydroxyl groups is 1. The van der Waals surface area contributed by atoms with Crippen molar-refractivity contribution in [3.05, 3.63) is 143 Å². The summed E-state index contributed by atoms with van der Waals surface area (Å²) >= 11 is 6.21. The van der Waals surface area contributed by atoms with Gasteiger partial charge in [0, 0.05) is 70.0 Å². The molecule has 4 aromatic carbocycles. The number of fused-ring (bicyclic) bond motifs is 1. The highest BCUT2D eigenvalue weighted by Crippen LogP contribution is 2.22. The number of nitrogens with zero attached hydrogens (tertiary/aromatic N) is 2. The Hall–Kier alpha value is -10.2. The fourth-order valence-electron chi connectivity index (χ4n) is 10.4. The number of aromatic nitrogens is 1. The number of rotatable bonds is 32. The Morgan fingerprint density at radius 3 is 1.60 bits per heavy atom. The lowest BCUT2D eigenvalue weighted by molar-refractivity contribution is -0.142. The number of hydrogen-bond acceptors (Lipinski definition) is 15. The van der Waals surface area contributed by atoms with Crippen molar-refractivity contribution in [1.29, 1.82) is 0 Å². The third kappa shape index (κ3) is 25.3. The largest absolute Gasteiger partial charge is 0.508 e. The fraction of sp³-hybridized carbons (Fsp3) is 0.409.